The molecule has 2 heteroatoms. The lowest BCUT2D eigenvalue weighted by Gasteiger charge is -2.07. The normalized spacial score (nSPS) is 11.9. The maximum Gasteiger partial charge on any atom is 0.114 e. The smallest absolute Gasteiger partial charge is 0.114 e. The monoisotopic (exact) mass is 301 g/mol. The van der Waals surface area contributed by atoms with Gasteiger partial charge >= 0.3 is 0 Å². The van der Waals surface area contributed by atoms with Gasteiger partial charge < -0.3 is 0 Å². The van der Waals surface area contributed by atoms with Crippen molar-refractivity contribution < 1.29 is 0 Å². The summed E-state index contributed by atoms with van der Waals surface area (Å²) in [4.78, 5) is 4.56. The summed E-state index contributed by atoms with van der Waals surface area (Å²) in [5, 5.41) is 0. The van der Waals surface area contributed by atoms with E-state index in [1.807, 2.05) is 30.3 Å². The summed E-state index contributed by atoms with van der Waals surface area (Å²) in [6, 6.07) is 18.4. The van der Waals surface area contributed by atoms with Crippen LogP contribution in [0, 0.1) is 0 Å². The molecule has 0 atom stereocenters. The lowest BCUT2D eigenvalue weighted by molar-refractivity contribution is 0.866. The first-order valence-electron chi connectivity index (χ1n) is 6.06. The molecule has 0 unspecified atom stereocenters. The van der Waals surface area contributed by atoms with Crippen molar-refractivity contribution in [3.05, 3.63) is 65.7 Å². The van der Waals surface area contributed by atoms with Crippen LogP contribution in [0.2, 0.25) is 0 Å². The van der Waals surface area contributed by atoms with E-state index in [4.69, 9.17) is 0 Å². The number of hydrogen-bond donors (Lipinski definition) is 0. The van der Waals surface area contributed by atoms with Gasteiger partial charge in [-0.1, -0.05) is 50.2 Å². The van der Waals surface area contributed by atoms with Crippen LogP contribution in [0.15, 0.2) is 59.6 Å². The molecule has 0 saturated carbocycles. The molecule has 0 aliphatic carbocycles. The molecule has 0 aliphatic rings. The molecule has 0 amide bonds. The molecule has 0 spiro atoms. The Morgan fingerprint density at radius 3 is 2.39 bits per heavy atom. The summed E-state index contributed by atoms with van der Waals surface area (Å²) in [5.74, 6) is 0.530. The molecule has 0 aromatic heterocycles. The Bertz CT molecular complexity index is 544. The third kappa shape index (κ3) is 3.30. The van der Waals surface area contributed by atoms with Gasteiger partial charge in [0.15, 0.2) is 0 Å². The Labute approximate surface area is 117 Å². The Morgan fingerprint density at radius 2 is 1.72 bits per heavy atom. The number of para-hydroxylation sites is 1. The van der Waals surface area contributed by atoms with E-state index in [9.17, 15) is 0 Å². The van der Waals surface area contributed by atoms with Crippen molar-refractivity contribution in [3.8, 4) is 0 Å². The van der Waals surface area contributed by atoms with Crippen LogP contribution in [-0.4, -0.2) is 4.62 Å². The van der Waals surface area contributed by atoms with E-state index in [0.717, 1.165) is 15.9 Å². The Kier molecular flexibility index (Phi) is 4.32. The molecule has 0 aliphatic heterocycles. The molecule has 18 heavy (non-hydrogen) atoms. The molecule has 2 rings (SSSR count). The maximum atomic E-state index is 4.56. The standard InChI is InChI=1S/C16H16BrN/c1-12(2)13-7-6-8-14(11-13)16(17)18-15-9-4-3-5-10-15/h3-12H,1-2H3/b18-16+. The van der Waals surface area contributed by atoms with Gasteiger partial charge in [0.2, 0.25) is 0 Å². The highest BCUT2D eigenvalue weighted by Crippen LogP contribution is 2.20. The van der Waals surface area contributed by atoms with E-state index in [0.29, 0.717) is 5.92 Å². The summed E-state index contributed by atoms with van der Waals surface area (Å²) in [5.41, 5.74) is 3.40. The van der Waals surface area contributed by atoms with Crippen molar-refractivity contribution in [2.45, 2.75) is 19.8 Å². The highest BCUT2D eigenvalue weighted by Gasteiger charge is 2.03. The topological polar surface area (TPSA) is 12.4 Å². The van der Waals surface area contributed by atoms with Crippen molar-refractivity contribution in [2.75, 3.05) is 0 Å². The number of halogens is 1. The zero-order valence-corrected chi connectivity index (χ0v) is 12.2. The second kappa shape index (κ2) is 5.96. The summed E-state index contributed by atoms with van der Waals surface area (Å²) in [6.07, 6.45) is 0. The number of hydrogen-bond acceptors (Lipinski definition) is 1. The fourth-order valence-electron chi connectivity index (χ4n) is 1.71. The van der Waals surface area contributed by atoms with Crippen LogP contribution in [0.4, 0.5) is 5.69 Å². The van der Waals surface area contributed by atoms with Crippen LogP contribution in [0.25, 0.3) is 0 Å². The SMILES string of the molecule is CC(C)c1cccc(/C(Br)=N\c2ccccc2)c1. The molecule has 0 fully saturated rings. The minimum atomic E-state index is 0.530. The van der Waals surface area contributed by atoms with E-state index < -0.39 is 0 Å². The second-order valence-electron chi connectivity index (χ2n) is 4.52. The molecule has 0 saturated heterocycles. The first-order chi connectivity index (χ1) is 8.66. The van der Waals surface area contributed by atoms with Gasteiger partial charge in [0.05, 0.1) is 5.69 Å². The molecule has 0 N–H and O–H groups in total. The Morgan fingerprint density at radius 1 is 1.00 bits per heavy atom. The molecule has 2 aromatic rings. The van der Waals surface area contributed by atoms with Crippen LogP contribution in [0.3, 0.4) is 0 Å². The molecule has 0 heterocycles. The summed E-state index contributed by atoms with van der Waals surface area (Å²) < 4.78 is 0.871. The third-order valence-corrected chi connectivity index (χ3v) is 3.41. The number of nitrogens with zero attached hydrogens (tertiary/aromatic N) is 1. The highest BCUT2D eigenvalue weighted by atomic mass is 79.9. The molecule has 92 valence electrons. The van der Waals surface area contributed by atoms with Crippen molar-refractivity contribution in [1.29, 1.82) is 0 Å². The zero-order valence-electron chi connectivity index (χ0n) is 10.6. The number of benzene rings is 2. The van der Waals surface area contributed by atoms with Gasteiger partial charge in [-0.3, -0.25) is 0 Å². The van der Waals surface area contributed by atoms with E-state index in [1.54, 1.807) is 0 Å². The van der Waals surface area contributed by atoms with Crippen LogP contribution < -0.4 is 0 Å². The van der Waals surface area contributed by atoms with Crippen LogP contribution in [0.1, 0.15) is 30.9 Å². The molecule has 0 bridgehead atoms. The first kappa shape index (κ1) is 13.0. The predicted octanol–water partition coefficient (Wildman–Crippen LogP) is 5.28. The van der Waals surface area contributed by atoms with Gasteiger partial charge in [-0.2, -0.15) is 0 Å². The maximum absolute atomic E-state index is 4.56. The van der Waals surface area contributed by atoms with E-state index in [2.05, 4.69) is 59.0 Å². The summed E-state index contributed by atoms with van der Waals surface area (Å²) >= 11 is 3.56. The Hall–Kier alpha value is -1.41. The number of rotatable bonds is 3. The van der Waals surface area contributed by atoms with Crippen molar-refractivity contribution in [2.24, 2.45) is 4.99 Å². The van der Waals surface area contributed by atoms with Crippen molar-refractivity contribution in [1.82, 2.24) is 0 Å². The fourth-order valence-corrected chi connectivity index (χ4v) is 2.16. The van der Waals surface area contributed by atoms with Crippen molar-refractivity contribution in [3.63, 3.8) is 0 Å². The van der Waals surface area contributed by atoms with Gasteiger partial charge in [0, 0.05) is 5.56 Å². The fraction of sp³-hybridized carbons (Fsp3) is 0.188. The van der Waals surface area contributed by atoms with Crippen LogP contribution >= 0.6 is 15.9 Å². The quantitative estimate of drug-likeness (QED) is 0.684. The van der Waals surface area contributed by atoms with E-state index >= 15 is 0 Å². The van der Waals surface area contributed by atoms with Gasteiger partial charge in [-0.15, -0.1) is 0 Å². The largest absolute Gasteiger partial charge is 0.241 e. The minimum Gasteiger partial charge on any atom is -0.241 e. The highest BCUT2D eigenvalue weighted by molar-refractivity contribution is 9.18. The van der Waals surface area contributed by atoms with Crippen LogP contribution in [0.5, 0.6) is 0 Å². The zero-order chi connectivity index (χ0) is 13.0. The molecular weight excluding hydrogens is 286 g/mol. The predicted molar refractivity (Wildman–Crippen MR) is 82.1 cm³/mol. The lowest BCUT2D eigenvalue weighted by atomic mass is 10.0. The molecule has 2 aromatic carbocycles. The van der Waals surface area contributed by atoms with Gasteiger partial charge in [0.25, 0.3) is 0 Å². The average molecular weight is 302 g/mol. The van der Waals surface area contributed by atoms with Gasteiger partial charge in [-0.05, 0) is 45.6 Å². The summed E-state index contributed by atoms with van der Waals surface area (Å²) in [6.45, 7) is 4.39. The molecule has 0 radical (unpaired) electrons. The number of aliphatic imine (C=N–C) groups is 1. The van der Waals surface area contributed by atoms with Crippen LogP contribution in [-0.2, 0) is 0 Å². The minimum absolute atomic E-state index is 0.530. The first-order valence-corrected chi connectivity index (χ1v) is 6.85. The average Bonchev–Trinajstić information content (AvgIpc) is 2.40. The van der Waals surface area contributed by atoms with Crippen molar-refractivity contribution >= 4 is 26.2 Å². The lowest BCUT2D eigenvalue weighted by Crippen LogP contribution is -1.94. The molecular formula is C16H16BrN. The third-order valence-electron chi connectivity index (χ3n) is 2.77. The molecule has 1 nitrogen and oxygen atoms in total. The summed E-state index contributed by atoms with van der Waals surface area (Å²) in [7, 11) is 0. The Balaban J connectivity index is 2.31. The van der Waals surface area contributed by atoms with E-state index in [1.165, 1.54) is 5.56 Å². The van der Waals surface area contributed by atoms with Gasteiger partial charge in [-0.25, -0.2) is 4.99 Å². The van der Waals surface area contributed by atoms with Gasteiger partial charge in [0.1, 0.15) is 4.62 Å². The second-order valence-corrected chi connectivity index (χ2v) is 5.27. The van der Waals surface area contributed by atoms with E-state index in [-0.39, 0.29) is 0 Å².